The smallest absolute Gasteiger partial charge is 0.335 e. The van der Waals surface area contributed by atoms with Gasteiger partial charge in [0.1, 0.15) is 0 Å². The number of hydrogen-bond acceptors (Lipinski definition) is 5. The van der Waals surface area contributed by atoms with Crippen molar-refractivity contribution in [1.82, 2.24) is 0 Å². The Morgan fingerprint density at radius 1 is 0.467 bits per heavy atom. The van der Waals surface area contributed by atoms with Gasteiger partial charge in [-0.3, -0.25) is 4.79 Å². The maximum Gasteiger partial charge on any atom is 0.335 e. The van der Waals surface area contributed by atoms with Gasteiger partial charge in [0.15, 0.2) is 11.2 Å². The van der Waals surface area contributed by atoms with E-state index in [1.54, 1.807) is 0 Å². The van der Waals surface area contributed by atoms with Gasteiger partial charge >= 0.3 is 5.97 Å². The van der Waals surface area contributed by atoms with Gasteiger partial charge in [0.05, 0.1) is 13.0 Å². The van der Waals surface area contributed by atoms with Gasteiger partial charge in [0, 0.05) is 5.75 Å². The van der Waals surface area contributed by atoms with Crippen molar-refractivity contribution < 1.29 is 19.4 Å². The zero-order valence-electron chi connectivity index (χ0n) is 30.4. The molecule has 0 aliphatic rings. The molecule has 0 amide bonds. The maximum atomic E-state index is 12.1. The van der Waals surface area contributed by atoms with Crippen LogP contribution < -0.4 is 0 Å². The van der Waals surface area contributed by atoms with Crippen LogP contribution in [0.3, 0.4) is 0 Å². The topological polar surface area (TPSA) is 63.6 Å². The zero-order chi connectivity index (χ0) is 32.9. The van der Waals surface area contributed by atoms with Gasteiger partial charge in [0.2, 0.25) is 0 Å². The Balaban J connectivity index is 3.38. The summed E-state index contributed by atoms with van der Waals surface area (Å²) in [5, 5.41) is 9.95. The van der Waals surface area contributed by atoms with Gasteiger partial charge in [-0.2, -0.15) is 0 Å². The second kappa shape index (κ2) is 37.9. The van der Waals surface area contributed by atoms with E-state index in [-0.39, 0.29) is 11.5 Å². The standard InChI is InChI=1S/C40H78O4S/c1-3-5-7-9-11-13-15-17-19-21-23-25-27-29-31-33-35-44-40(43)38(41)37-39(42)45-36-34-32-30-28-26-24-22-20-18-16-14-12-10-8-6-4-2/h38,41H,3-37H2,1-2H3. The Labute approximate surface area is 285 Å². The van der Waals surface area contributed by atoms with Crippen molar-refractivity contribution >= 4 is 22.8 Å². The molecule has 0 radical (unpaired) electrons. The summed E-state index contributed by atoms with van der Waals surface area (Å²) >= 11 is 1.25. The predicted octanol–water partition coefficient (Wildman–Crippen LogP) is 13.1. The minimum atomic E-state index is -1.32. The fourth-order valence-electron chi connectivity index (χ4n) is 6.06. The summed E-state index contributed by atoms with van der Waals surface area (Å²) in [7, 11) is 0. The number of aliphatic hydroxyl groups excluding tert-OH is 1. The van der Waals surface area contributed by atoms with Crippen LogP contribution in [0.5, 0.6) is 0 Å². The lowest BCUT2D eigenvalue weighted by Crippen LogP contribution is -2.25. The molecule has 0 heterocycles. The van der Waals surface area contributed by atoms with Crippen molar-refractivity contribution in [2.24, 2.45) is 0 Å². The third-order valence-electron chi connectivity index (χ3n) is 9.14. The van der Waals surface area contributed by atoms with Crippen molar-refractivity contribution in [3.63, 3.8) is 0 Å². The number of thioether (sulfide) groups is 1. The Hall–Kier alpha value is -0.550. The zero-order valence-corrected chi connectivity index (χ0v) is 31.2. The monoisotopic (exact) mass is 655 g/mol. The molecular formula is C40H78O4S. The van der Waals surface area contributed by atoms with Crippen LogP contribution in [-0.4, -0.2) is 34.7 Å². The van der Waals surface area contributed by atoms with Crippen molar-refractivity contribution in [1.29, 1.82) is 0 Å². The molecule has 1 N–H and O–H groups in total. The quantitative estimate of drug-likeness (QED) is 0.0533. The molecule has 0 rings (SSSR count). The number of hydrogen-bond donors (Lipinski definition) is 1. The number of rotatable bonds is 37. The van der Waals surface area contributed by atoms with Crippen LogP contribution in [0.4, 0.5) is 0 Å². The largest absolute Gasteiger partial charge is 0.464 e. The number of esters is 1. The third kappa shape index (κ3) is 36.1. The highest BCUT2D eigenvalue weighted by Gasteiger charge is 2.20. The van der Waals surface area contributed by atoms with Crippen LogP contribution >= 0.6 is 11.8 Å². The second-order valence-corrected chi connectivity index (χ2v) is 14.9. The molecule has 0 aliphatic carbocycles. The summed E-state index contributed by atoms with van der Waals surface area (Å²) in [6, 6.07) is 0. The minimum absolute atomic E-state index is 0.109. The number of unbranched alkanes of at least 4 members (excludes halogenated alkanes) is 30. The Kier molecular flexibility index (Phi) is 37.4. The maximum absolute atomic E-state index is 12.1. The molecule has 1 unspecified atom stereocenters. The third-order valence-corrected chi connectivity index (χ3v) is 10.1. The molecule has 0 aromatic rings. The summed E-state index contributed by atoms with van der Waals surface area (Å²) in [4.78, 5) is 24.2. The average molecular weight is 655 g/mol. The van der Waals surface area contributed by atoms with Crippen LogP contribution in [0.25, 0.3) is 0 Å². The molecule has 0 saturated heterocycles. The van der Waals surface area contributed by atoms with E-state index in [2.05, 4.69) is 13.8 Å². The summed E-state index contributed by atoms with van der Waals surface area (Å²) in [6.07, 6.45) is 40.9. The SMILES string of the molecule is CCCCCCCCCCCCCCCCCCOC(=O)C(O)CC(=O)SCCCCCCCCCCCCCCCCCC. The van der Waals surface area contributed by atoms with Crippen LogP contribution in [0.15, 0.2) is 0 Å². The summed E-state index contributed by atoms with van der Waals surface area (Å²) in [5.74, 6) is 0.130. The molecule has 0 aliphatic heterocycles. The first-order valence-corrected chi connectivity index (χ1v) is 21.1. The lowest BCUT2D eigenvalue weighted by Gasteiger charge is -2.10. The molecule has 0 aromatic heterocycles. The molecule has 0 fully saturated rings. The fourth-order valence-corrected chi connectivity index (χ4v) is 6.91. The molecule has 4 nitrogen and oxygen atoms in total. The van der Waals surface area contributed by atoms with E-state index in [9.17, 15) is 14.7 Å². The van der Waals surface area contributed by atoms with Crippen LogP contribution in [0, 0.1) is 0 Å². The summed E-state index contributed by atoms with van der Waals surface area (Å²) in [5.41, 5.74) is 0. The van der Waals surface area contributed by atoms with E-state index in [1.165, 1.54) is 192 Å². The van der Waals surface area contributed by atoms with Gasteiger partial charge < -0.3 is 9.84 Å². The number of ether oxygens (including phenoxy) is 1. The number of carbonyl (C=O) groups is 2. The molecular weight excluding hydrogens is 577 g/mol. The van der Waals surface area contributed by atoms with E-state index in [0.29, 0.717) is 6.61 Å². The first-order chi connectivity index (χ1) is 22.1. The van der Waals surface area contributed by atoms with Crippen molar-refractivity contribution in [3.05, 3.63) is 0 Å². The van der Waals surface area contributed by atoms with E-state index >= 15 is 0 Å². The lowest BCUT2D eigenvalue weighted by molar-refractivity contribution is -0.154. The average Bonchev–Trinajstić information content (AvgIpc) is 3.03. The van der Waals surface area contributed by atoms with E-state index in [0.717, 1.165) is 31.4 Å². The van der Waals surface area contributed by atoms with Gasteiger partial charge in [-0.25, -0.2) is 4.79 Å². The van der Waals surface area contributed by atoms with E-state index < -0.39 is 12.1 Å². The fraction of sp³-hybridized carbons (Fsp3) is 0.950. The predicted molar refractivity (Wildman–Crippen MR) is 198 cm³/mol. The summed E-state index contributed by atoms with van der Waals surface area (Å²) in [6.45, 7) is 4.90. The molecule has 0 saturated carbocycles. The minimum Gasteiger partial charge on any atom is -0.464 e. The highest BCUT2D eigenvalue weighted by Crippen LogP contribution is 2.17. The van der Waals surface area contributed by atoms with Crippen LogP contribution in [0.1, 0.15) is 226 Å². The van der Waals surface area contributed by atoms with Gasteiger partial charge in [-0.15, -0.1) is 0 Å². The Morgan fingerprint density at radius 2 is 0.756 bits per heavy atom. The first kappa shape index (κ1) is 44.5. The van der Waals surface area contributed by atoms with Crippen LogP contribution in [-0.2, 0) is 14.3 Å². The highest BCUT2D eigenvalue weighted by atomic mass is 32.2. The molecule has 1 atom stereocenters. The molecule has 45 heavy (non-hydrogen) atoms. The number of carbonyl (C=O) groups excluding carboxylic acids is 2. The van der Waals surface area contributed by atoms with Crippen molar-refractivity contribution in [2.45, 2.75) is 232 Å². The van der Waals surface area contributed by atoms with E-state index in [4.69, 9.17) is 4.74 Å². The summed E-state index contributed by atoms with van der Waals surface area (Å²) < 4.78 is 5.21. The Bertz CT molecular complexity index is 611. The molecule has 0 bridgehead atoms. The van der Waals surface area contributed by atoms with Crippen molar-refractivity contribution in [2.75, 3.05) is 12.4 Å². The van der Waals surface area contributed by atoms with Crippen LogP contribution in [0.2, 0.25) is 0 Å². The molecule has 0 spiro atoms. The molecule has 0 aromatic carbocycles. The number of aliphatic hydroxyl groups is 1. The molecule has 268 valence electrons. The van der Waals surface area contributed by atoms with Gasteiger partial charge in [0.25, 0.3) is 0 Å². The Morgan fingerprint density at radius 3 is 1.09 bits per heavy atom. The van der Waals surface area contributed by atoms with Gasteiger partial charge in [-0.1, -0.05) is 218 Å². The van der Waals surface area contributed by atoms with Crippen molar-refractivity contribution in [3.8, 4) is 0 Å². The van der Waals surface area contributed by atoms with E-state index in [1.807, 2.05) is 0 Å². The molecule has 5 heteroatoms. The normalized spacial score (nSPS) is 12.1. The first-order valence-electron chi connectivity index (χ1n) is 20.1. The lowest BCUT2D eigenvalue weighted by atomic mass is 10.0. The van der Waals surface area contributed by atoms with Gasteiger partial charge in [-0.05, 0) is 12.8 Å². The second-order valence-electron chi connectivity index (χ2n) is 13.7. The highest BCUT2D eigenvalue weighted by molar-refractivity contribution is 8.13.